The lowest BCUT2D eigenvalue weighted by atomic mass is 10.2. The lowest BCUT2D eigenvalue weighted by Gasteiger charge is -2.26. The van der Waals surface area contributed by atoms with Crippen molar-refractivity contribution in [3.05, 3.63) is 22.8 Å². The summed E-state index contributed by atoms with van der Waals surface area (Å²) in [7, 11) is 0. The number of rotatable bonds is 5. The molecular formula is C13H20ClN3. The van der Waals surface area contributed by atoms with E-state index in [1.807, 2.05) is 12.3 Å². The van der Waals surface area contributed by atoms with E-state index in [-0.39, 0.29) is 0 Å². The van der Waals surface area contributed by atoms with Crippen LogP contribution in [0.25, 0.3) is 0 Å². The summed E-state index contributed by atoms with van der Waals surface area (Å²) in [5.41, 5.74) is 6.57. The summed E-state index contributed by atoms with van der Waals surface area (Å²) in [5.74, 6) is 1.53. The molecule has 0 saturated heterocycles. The molecule has 2 rings (SSSR count). The first-order valence-electron chi connectivity index (χ1n) is 6.23. The number of anilines is 1. The van der Waals surface area contributed by atoms with Crippen LogP contribution < -0.4 is 10.6 Å². The van der Waals surface area contributed by atoms with Gasteiger partial charge in [-0.05, 0) is 30.4 Å². The van der Waals surface area contributed by atoms with Crippen LogP contribution in [-0.4, -0.2) is 17.6 Å². The van der Waals surface area contributed by atoms with Crippen LogP contribution in [0.2, 0.25) is 5.02 Å². The monoisotopic (exact) mass is 253 g/mol. The second-order valence-electron chi connectivity index (χ2n) is 5.13. The highest BCUT2D eigenvalue weighted by Crippen LogP contribution is 2.35. The zero-order valence-corrected chi connectivity index (χ0v) is 11.2. The first-order valence-corrected chi connectivity index (χ1v) is 6.60. The fourth-order valence-electron chi connectivity index (χ4n) is 1.98. The third kappa shape index (κ3) is 3.11. The minimum atomic E-state index is 0.487. The van der Waals surface area contributed by atoms with E-state index in [9.17, 15) is 0 Å². The molecule has 1 aliphatic rings. The maximum atomic E-state index is 6.30. The van der Waals surface area contributed by atoms with Gasteiger partial charge in [-0.15, -0.1) is 0 Å². The average Bonchev–Trinajstić information content (AvgIpc) is 3.09. The van der Waals surface area contributed by atoms with Crippen LogP contribution in [-0.2, 0) is 6.54 Å². The second kappa shape index (κ2) is 5.23. The lowest BCUT2D eigenvalue weighted by molar-refractivity contribution is 0.602. The van der Waals surface area contributed by atoms with E-state index in [2.05, 4.69) is 23.7 Å². The smallest absolute Gasteiger partial charge is 0.147 e. The van der Waals surface area contributed by atoms with Crippen molar-refractivity contribution in [2.24, 2.45) is 11.7 Å². The van der Waals surface area contributed by atoms with Gasteiger partial charge in [-0.2, -0.15) is 0 Å². The lowest BCUT2D eigenvalue weighted by Crippen LogP contribution is -2.30. The molecule has 0 atom stereocenters. The van der Waals surface area contributed by atoms with Crippen molar-refractivity contribution in [3.8, 4) is 0 Å². The van der Waals surface area contributed by atoms with E-state index in [1.165, 1.54) is 12.8 Å². The Morgan fingerprint density at radius 3 is 2.71 bits per heavy atom. The van der Waals surface area contributed by atoms with Gasteiger partial charge < -0.3 is 10.6 Å². The Balaban J connectivity index is 2.23. The van der Waals surface area contributed by atoms with E-state index in [1.54, 1.807) is 0 Å². The van der Waals surface area contributed by atoms with Gasteiger partial charge in [0.15, 0.2) is 0 Å². The molecule has 17 heavy (non-hydrogen) atoms. The Bertz CT molecular complexity index is 388. The largest absolute Gasteiger partial charge is 0.352 e. The summed E-state index contributed by atoms with van der Waals surface area (Å²) in [6.45, 7) is 5.94. The van der Waals surface area contributed by atoms with E-state index in [4.69, 9.17) is 17.3 Å². The SMILES string of the molecule is CC(C)CN(c1ncc(CN)cc1Cl)C1CC1. The molecule has 0 radical (unpaired) electrons. The van der Waals surface area contributed by atoms with E-state index in [0.717, 1.165) is 22.9 Å². The van der Waals surface area contributed by atoms with Gasteiger partial charge in [0.1, 0.15) is 5.82 Å². The summed E-state index contributed by atoms with van der Waals surface area (Å²) in [5, 5.41) is 0.723. The van der Waals surface area contributed by atoms with Gasteiger partial charge in [0.25, 0.3) is 0 Å². The summed E-state index contributed by atoms with van der Waals surface area (Å²) >= 11 is 6.30. The Hall–Kier alpha value is -0.800. The maximum Gasteiger partial charge on any atom is 0.147 e. The molecule has 0 aromatic carbocycles. The number of nitrogens with two attached hydrogens (primary N) is 1. The number of hydrogen-bond acceptors (Lipinski definition) is 3. The molecule has 1 aliphatic carbocycles. The van der Waals surface area contributed by atoms with Crippen molar-refractivity contribution in [2.75, 3.05) is 11.4 Å². The van der Waals surface area contributed by atoms with Gasteiger partial charge in [-0.1, -0.05) is 25.4 Å². The molecule has 0 spiro atoms. The highest BCUT2D eigenvalue weighted by molar-refractivity contribution is 6.33. The van der Waals surface area contributed by atoms with Crippen molar-refractivity contribution >= 4 is 17.4 Å². The molecule has 1 aromatic heterocycles. The molecule has 1 heterocycles. The van der Waals surface area contributed by atoms with Crippen molar-refractivity contribution in [3.63, 3.8) is 0 Å². The zero-order valence-electron chi connectivity index (χ0n) is 10.5. The van der Waals surface area contributed by atoms with Gasteiger partial charge in [0, 0.05) is 25.3 Å². The first kappa shape index (κ1) is 12.7. The van der Waals surface area contributed by atoms with Crippen LogP contribution in [0.15, 0.2) is 12.3 Å². The van der Waals surface area contributed by atoms with Crippen LogP contribution >= 0.6 is 11.6 Å². The van der Waals surface area contributed by atoms with Crippen molar-refractivity contribution in [1.82, 2.24) is 4.98 Å². The Morgan fingerprint density at radius 2 is 2.24 bits per heavy atom. The van der Waals surface area contributed by atoms with Gasteiger partial charge in [-0.25, -0.2) is 4.98 Å². The van der Waals surface area contributed by atoms with Gasteiger partial charge >= 0.3 is 0 Å². The van der Waals surface area contributed by atoms with Crippen LogP contribution in [0.4, 0.5) is 5.82 Å². The quantitative estimate of drug-likeness (QED) is 0.878. The van der Waals surface area contributed by atoms with Gasteiger partial charge in [0.2, 0.25) is 0 Å². The van der Waals surface area contributed by atoms with E-state index < -0.39 is 0 Å². The predicted octanol–water partition coefficient (Wildman–Crippen LogP) is 2.82. The second-order valence-corrected chi connectivity index (χ2v) is 5.54. The van der Waals surface area contributed by atoms with Crippen molar-refractivity contribution in [1.29, 1.82) is 0 Å². The predicted molar refractivity (Wildman–Crippen MR) is 72.3 cm³/mol. The fourth-order valence-corrected chi connectivity index (χ4v) is 2.28. The normalized spacial score (nSPS) is 15.4. The Morgan fingerprint density at radius 1 is 1.53 bits per heavy atom. The number of hydrogen-bond donors (Lipinski definition) is 1. The van der Waals surface area contributed by atoms with E-state index in [0.29, 0.717) is 18.5 Å². The van der Waals surface area contributed by atoms with Gasteiger partial charge in [-0.3, -0.25) is 0 Å². The van der Waals surface area contributed by atoms with Gasteiger partial charge in [0.05, 0.1) is 5.02 Å². The van der Waals surface area contributed by atoms with Crippen LogP contribution in [0.5, 0.6) is 0 Å². The van der Waals surface area contributed by atoms with E-state index >= 15 is 0 Å². The molecule has 0 amide bonds. The molecule has 0 bridgehead atoms. The summed E-state index contributed by atoms with van der Waals surface area (Å²) in [6, 6.07) is 2.56. The highest BCUT2D eigenvalue weighted by Gasteiger charge is 2.31. The molecule has 0 unspecified atom stereocenters. The topological polar surface area (TPSA) is 42.2 Å². The number of nitrogens with zero attached hydrogens (tertiary/aromatic N) is 2. The van der Waals surface area contributed by atoms with Crippen LogP contribution in [0.3, 0.4) is 0 Å². The van der Waals surface area contributed by atoms with Crippen LogP contribution in [0, 0.1) is 5.92 Å². The van der Waals surface area contributed by atoms with Crippen LogP contribution in [0.1, 0.15) is 32.3 Å². The molecule has 1 saturated carbocycles. The highest BCUT2D eigenvalue weighted by atomic mass is 35.5. The molecule has 1 aromatic rings. The molecule has 4 heteroatoms. The van der Waals surface area contributed by atoms with Crippen molar-refractivity contribution < 1.29 is 0 Å². The maximum absolute atomic E-state index is 6.30. The zero-order chi connectivity index (χ0) is 12.4. The Kier molecular flexibility index (Phi) is 3.89. The minimum Gasteiger partial charge on any atom is -0.352 e. The Labute approximate surface area is 108 Å². The first-order chi connectivity index (χ1) is 8.11. The summed E-state index contributed by atoms with van der Waals surface area (Å²) < 4.78 is 0. The third-order valence-corrected chi connectivity index (χ3v) is 3.21. The number of pyridine rings is 1. The third-order valence-electron chi connectivity index (χ3n) is 2.94. The summed E-state index contributed by atoms with van der Waals surface area (Å²) in [4.78, 5) is 6.82. The molecule has 2 N–H and O–H groups in total. The number of aromatic nitrogens is 1. The molecule has 0 aliphatic heterocycles. The molecular weight excluding hydrogens is 234 g/mol. The summed E-state index contributed by atoms with van der Waals surface area (Å²) in [6.07, 6.45) is 4.34. The molecule has 1 fully saturated rings. The average molecular weight is 254 g/mol. The minimum absolute atomic E-state index is 0.487. The number of halogens is 1. The standard InChI is InChI=1S/C13H20ClN3/c1-9(2)8-17(11-3-4-11)13-12(14)5-10(6-15)7-16-13/h5,7,9,11H,3-4,6,8,15H2,1-2H3. The fraction of sp³-hybridized carbons (Fsp3) is 0.615. The molecule has 94 valence electrons. The van der Waals surface area contributed by atoms with Crippen molar-refractivity contribution in [2.45, 2.75) is 39.3 Å². The molecule has 3 nitrogen and oxygen atoms in total.